The summed E-state index contributed by atoms with van der Waals surface area (Å²) in [5, 5.41) is 16.6. The van der Waals surface area contributed by atoms with Crippen LogP contribution in [0.4, 0.5) is 11.4 Å². The van der Waals surface area contributed by atoms with Gasteiger partial charge in [0.2, 0.25) is 0 Å². The Bertz CT molecular complexity index is 804. The van der Waals surface area contributed by atoms with E-state index in [0.717, 1.165) is 25.1 Å². The molecule has 0 aliphatic carbocycles. The fourth-order valence-electron chi connectivity index (χ4n) is 2.92. The molecule has 1 unspecified atom stereocenters. The quantitative estimate of drug-likeness (QED) is 0.391. The van der Waals surface area contributed by atoms with E-state index >= 15 is 0 Å². The smallest absolute Gasteiger partial charge is 0.269 e. The summed E-state index contributed by atoms with van der Waals surface area (Å²) in [6, 6.07) is 13.3. The van der Waals surface area contributed by atoms with Crippen LogP contribution in [0, 0.1) is 10.1 Å². The number of nitro benzene ring substituents is 1. The molecule has 0 bridgehead atoms. The van der Waals surface area contributed by atoms with Gasteiger partial charge in [-0.1, -0.05) is 12.1 Å². The van der Waals surface area contributed by atoms with Gasteiger partial charge in [0, 0.05) is 37.5 Å². The maximum Gasteiger partial charge on any atom is 0.269 e. The summed E-state index contributed by atoms with van der Waals surface area (Å²) in [5.74, 6) is 0.326. The summed E-state index contributed by atoms with van der Waals surface area (Å²) in [6.45, 7) is 2.09. The Kier molecular flexibility index (Phi) is 6.80. The van der Waals surface area contributed by atoms with Gasteiger partial charge in [-0.3, -0.25) is 14.9 Å². The number of amides is 1. The van der Waals surface area contributed by atoms with Gasteiger partial charge in [-0.25, -0.2) is 0 Å². The number of para-hydroxylation sites is 1. The van der Waals surface area contributed by atoms with Crippen LogP contribution < -0.4 is 15.4 Å². The molecule has 2 N–H and O–H groups in total. The lowest BCUT2D eigenvalue weighted by molar-refractivity contribution is -0.384. The molecule has 1 saturated heterocycles. The normalized spacial score (nSPS) is 15.8. The van der Waals surface area contributed by atoms with E-state index in [9.17, 15) is 14.9 Å². The number of carbonyl (C=O) groups excluding carboxylic acids is 1. The lowest BCUT2D eigenvalue weighted by Crippen LogP contribution is -2.29. The van der Waals surface area contributed by atoms with E-state index in [4.69, 9.17) is 9.47 Å². The minimum Gasteiger partial charge on any atom is -0.490 e. The van der Waals surface area contributed by atoms with Crippen molar-refractivity contribution in [3.63, 3.8) is 0 Å². The number of ether oxygens (including phenoxy) is 2. The molecule has 1 fully saturated rings. The van der Waals surface area contributed by atoms with E-state index < -0.39 is 4.92 Å². The van der Waals surface area contributed by atoms with Crippen LogP contribution in [0.15, 0.2) is 48.5 Å². The van der Waals surface area contributed by atoms with Gasteiger partial charge in [-0.2, -0.15) is 0 Å². The number of nitrogens with zero attached hydrogens (tertiary/aromatic N) is 1. The van der Waals surface area contributed by atoms with Crippen molar-refractivity contribution in [2.45, 2.75) is 18.9 Å². The monoisotopic (exact) mass is 385 g/mol. The summed E-state index contributed by atoms with van der Waals surface area (Å²) in [5.41, 5.74) is 1.27. The van der Waals surface area contributed by atoms with E-state index in [-0.39, 0.29) is 17.7 Å². The van der Waals surface area contributed by atoms with Crippen molar-refractivity contribution in [1.82, 2.24) is 5.32 Å². The second-order valence-electron chi connectivity index (χ2n) is 6.43. The van der Waals surface area contributed by atoms with Crippen LogP contribution >= 0.6 is 0 Å². The lowest BCUT2D eigenvalue weighted by Gasteiger charge is -2.14. The highest BCUT2D eigenvalue weighted by atomic mass is 16.6. The van der Waals surface area contributed by atoms with Crippen LogP contribution in [0.2, 0.25) is 0 Å². The Morgan fingerprint density at radius 1 is 1.18 bits per heavy atom. The number of non-ortho nitro benzene ring substituents is 1. The van der Waals surface area contributed by atoms with Crippen LogP contribution in [0.25, 0.3) is 0 Å². The molecule has 1 aliphatic heterocycles. The molecule has 0 radical (unpaired) electrons. The molecule has 2 aromatic rings. The molecule has 0 saturated carbocycles. The highest BCUT2D eigenvalue weighted by Gasteiger charge is 2.18. The number of nitro groups is 1. The number of hydrogen-bond donors (Lipinski definition) is 2. The average Bonchev–Trinajstić information content (AvgIpc) is 3.24. The average molecular weight is 385 g/mol. The van der Waals surface area contributed by atoms with E-state index in [0.29, 0.717) is 31.0 Å². The van der Waals surface area contributed by atoms with E-state index in [2.05, 4.69) is 10.6 Å². The number of benzene rings is 2. The minimum atomic E-state index is -0.442. The lowest BCUT2D eigenvalue weighted by atomic mass is 10.2. The van der Waals surface area contributed by atoms with Gasteiger partial charge >= 0.3 is 0 Å². The van der Waals surface area contributed by atoms with E-state index in [1.165, 1.54) is 12.1 Å². The molecule has 148 valence electrons. The Morgan fingerprint density at radius 3 is 2.68 bits per heavy atom. The van der Waals surface area contributed by atoms with Crippen LogP contribution in [0.1, 0.15) is 23.2 Å². The maximum atomic E-state index is 12.5. The minimum absolute atomic E-state index is 0.0402. The number of hydrogen-bond acceptors (Lipinski definition) is 6. The number of anilines is 1. The molecule has 2 aromatic carbocycles. The third-order valence-corrected chi connectivity index (χ3v) is 4.40. The fraction of sp³-hybridized carbons (Fsp3) is 0.350. The van der Waals surface area contributed by atoms with Gasteiger partial charge in [0.15, 0.2) is 0 Å². The topological polar surface area (TPSA) is 103 Å². The molecule has 0 aromatic heterocycles. The van der Waals surface area contributed by atoms with Crippen LogP contribution in [0.3, 0.4) is 0 Å². The molecule has 0 spiro atoms. The van der Waals surface area contributed by atoms with Crippen molar-refractivity contribution >= 4 is 17.3 Å². The van der Waals surface area contributed by atoms with Crippen molar-refractivity contribution in [3.05, 3.63) is 64.2 Å². The fourth-order valence-corrected chi connectivity index (χ4v) is 2.92. The van der Waals surface area contributed by atoms with E-state index in [1.54, 1.807) is 30.3 Å². The molecular weight excluding hydrogens is 362 g/mol. The van der Waals surface area contributed by atoms with Crippen molar-refractivity contribution in [2.75, 3.05) is 31.6 Å². The summed E-state index contributed by atoms with van der Waals surface area (Å²) >= 11 is 0. The van der Waals surface area contributed by atoms with Gasteiger partial charge in [-0.05, 0) is 37.1 Å². The van der Waals surface area contributed by atoms with Crippen molar-refractivity contribution in [3.8, 4) is 5.75 Å². The first-order chi connectivity index (χ1) is 13.6. The van der Waals surface area contributed by atoms with Crippen LogP contribution in [0.5, 0.6) is 5.75 Å². The summed E-state index contributed by atoms with van der Waals surface area (Å²) in [7, 11) is 0. The third-order valence-electron chi connectivity index (χ3n) is 4.40. The Hall–Kier alpha value is -3.13. The molecule has 1 aliphatic rings. The molecule has 8 heteroatoms. The highest BCUT2D eigenvalue weighted by molar-refractivity contribution is 5.96. The maximum absolute atomic E-state index is 12.5. The highest BCUT2D eigenvalue weighted by Crippen LogP contribution is 2.20. The summed E-state index contributed by atoms with van der Waals surface area (Å²) < 4.78 is 11.3. The molecule has 3 rings (SSSR count). The number of carbonyl (C=O) groups is 1. The first-order valence-electron chi connectivity index (χ1n) is 9.23. The Morgan fingerprint density at radius 2 is 1.96 bits per heavy atom. The van der Waals surface area contributed by atoms with Crippen molar-refractivity contribution in [1.29, 1.82) is 0 Å². The molecule has 1 amide bonds. The molecule has 28 heavy (non-hydrogen) atoms. The van der Waals surface area contributed by atoms with Crippen LogP contribution in [-0.4, -0.2) is 43.2 Å². The predicted octanol–water partition coefficient (Wildman–Crippen LogP) is 2.99. The predicted molar refractivity (Wildman–Crippen MR) is 105 cm³/mol. The van der Waals surface area contributed by atoms with Gasteiger partial charge in [-0.15, -0.1) is 0 Å². The summed E-state index contributed by atoms with van der Waals surface area (Å²) in [4.78, 5) is 22.7. The molecular formula is C20H23N3O5. The number of rotatable bonds is 9. The van der Waals surface area contributed by atoms with Crippen LogP contribution in [-0.2, 0) is 4.74 Å². The number of nitrogens with one attached hydrogen (secondary N) is 2. The second kappa shape index (κ2) is 9.70. The second-order valence-corrected chi connectivity index (χ2v) is 6.43. The zero-order valence-corrected chi connectivity index (χ0v) is 15.4. The van der Waals surface area contributed by atoms with E-state index in [1.807, 2.05) is 6.07 Å². The van der Waals surface area contributed by atoms with Gasteiger partial charge in [0.25, 0.3) is 11.6 Å². The molecule has 1 atom stereocenters. The van der Waals surface area contributed by atoms with Gasteiger partial charge < -0.3 is 20.1 Å². The standard InChI is InChI=1S/C20H23N3O5/c24-20(22-12-11-21-15-7-9-16(10-8-15)23(25)26)18-5-1-2-6-19(18)28-14-17-4-3-13-27-17/h1-2,5-10,17,21H,3-4,11-14H2,(H,22,24). The first-order valence-corrected chi connectivity index (χ1v) is 9.23. The Labute approximate surface area is 163 Å². The molecule has 8 nitrogen and oxygen atoms in total. The zero-order valence-electron chi connectivity index (χ0n) is 15.4. The van der Waals surface area contributed by atoms with Crippen molar-refractivity contribution < 1.29 is 19.2 Å². The van der Waals surface area contributed by atoms with Gasteiger partial charge in [0.05, 0.1) is 16.6 Å². The van der Waals surface area contributed by atoms with Gasteiger partial charge in [0.1, 0.15) is 12.4 Å². The van der Waals surface area contributed by atoms with Crippen molar-refractivity contribution in [2.24, 2.45) is 0 Å². The Balaban J connectivity index is 1.46. The zero-order chi connectivity index (χ0) is 19.8. The largest absolute Gasteiger partial charge is 0.490 e. The summed E-state index contributed by atoms with van der Waals surface area (Å²) in [6.07, 6.45) is 2.10. The third kappa shape index (κ3) is 5.43. The first kappa shape index (κ1) is 19.6. The molecule has 1 heterocycles. The SMILES string of the molecule is O=C(NCCNc1ccc([N+](=O)[O-])cc1)c1ccccc1OCC1CCCO1.